The van der Waals surface area contributed by atoms with Gasteiger partial charge in [0.05, 0.1) is 34.9 Å². The topological polar surface area (TPSA) is 116 Å². The molecule has 4 heterocycles. The summed E-state index contributed by atoms with van der Waals surface area (Å²) in [6, 6.07) is 11.6. The smallest absolute Gasteiger partial charge is 0.411 e. The van der Waals surface area contributed by atoms with E-state index in [0.717, 1.165) is 41.1 Å². The van der Waals surface area contributed by atoms with Gasteiger partial charge < -0.3 is 19.4 Å². The Labute approximate surface area is 342 Å². The summed E-state index contributed by atoms with van der Waals surface area (Å²) in [6.45, 7) is 11.5. The Kier molecular flexibility index (Phi) is 13.9. The molecule has 2 bridgehead atoms. The van der Waals surface area contributed by atoms with Crippen molar-refractivity contribution in [3.63, 3.8) is 0 Å². The van der Waals surface area contributed by atoms with Crippen molar-refractivity contribution in [3.05, 3.63) is 71.4 Å². The number of halogens is 2. The van der Waals surface area contributed by atoms with E-state index in [4.69, 9.17) is 9.47 Å². The maximum atomic E-state index is 14.9. The summed E-state index contributed by atoms with van der Waals surface area (Å²) in [5.74, 6) is 3.51. The molecule has 4 aromatic rings. The zero-order valence-corrected chi connectivity index (χ0v) is 35.1. The standard InChI is InChI=1S/C38H42F2N6O4.4H2S/c1-36(2,3)49-34(47)45-17-7-8-30(45)32-41-21-29(44-32)24-14-11-22(12-15-24)9-10-23-13-16-27-28(18-23)43-33(42-27)31-26-19-25(20-38(26,39)40)46(31)35(48)50-37(4,5)6;;;;/h11-16,18,21,25-26,30-31H,7-8,17,19-20H2,1-6H3,(H,41,44)(H,42,43);4*1H2/t25-,26-,30-,31-;;;;/m0..../s1. The van der Waals surface area contributed by atoms with Crippen molar-refractivity contribution in [1.82, 2.24) is 29.7 Å². The molecule has 16 heteroatoms. The van der Waals surface area contributed by atoms with Crippen LogP contribution in [0.1, 0.15) is 102 Å². The second-order valence-electron chi connectivity index (χ2n) is 15.5. The monoisotopic (exact) mass is 820 g/mol. The molecule has 2 amide bonds. The van der Waals surface area contributed by atoms with Gasteiger partial charge in [0.1, 0.15) is 28.9 Å². The maximum Gasteiger partial charge on any atom is 0.411 e. The van der Waals surface area contributed by atoms with Gasteiger partial charge in [-0.3, -0.25) is 9.80 Å². The van der Waals surface area contributed by atoms with E-state index in [9.17, 15) is 18.4 Å². The first-order valence-electron chi connectivity index (χ1n) is 17.1. The lowest BCUT2D eigenvalue weighted by molar-refractivity contribution is -0.0936. The fourth-order valence-electron chi connectivity index (χ4n) is 7.27. The summed E-state index contributed by atoms with van der Waals surface area (Å²) in [5, 5.41) is 0. The third-order valence-electron chi connectivity index (χ3n) is 9.37. The summed E-state index contributed by atoms with van der Waals surface area (Å²) in [7, 11) is 0. The number of hydrogen-bond donors (Lipinski definition) is 2. The predicted octanol–water partition coefficient (Wildman–Crippen LogP) is 8.58. The lowest BCUT2D eigenvalue weighted by Crippen LogP contribution is -2.48. The van der Waals surface area contributed by atoms with Crippen LogP contribution in [0.5, 0.6) is 0 Å². The number of benzene rings is 2. The average molecular weight is 821 g/mol. The number of carbonyl (C=O) groups excluding carboxylic acids is 2. The molecule has 2 aromatic heterocycles. The number of amides is 2. The third kappa shape index (κ3) is 9.29. The van der Waals surface area contributed by atoms with Crippen molar-refractivity contribution in [2.45, 2.75) is 102 Å². The molecular weight excluding hydrogens is 771 g/mol. The fraction of sp³-hybridized carbons (Fsp3) is 0.474. The van der Waals surface area contributed by atoms with E-state index in [1.165, 1.54) is 4.90 Å². The van der Waals surface area contributed by atoms with Gasteiger partial charge in [0.2, 0.25) is 0 Å². The van der Waals surface area contributed by atoms with E-state index < -0.39 is 41.2 Å². The van der Waals surface area contributed by atoms with Gasteiger partial charge in [0.15, 0.2) is 0 Å². The van der Waals surface area contributed by atoms with Crippen molar-refractivity contribution >= 4 is 77.2 Å². The number of piperidine rings is 1. The summed E-state index contributed by atoms with van der Waals surface area (Å²) in [6.07, 6.45) is 2.38. The lowest BCUT2D eigenvalue weighted by Gasteiger charge is -2.38. The molecule has 0 radical (unpaired) electrons. The molecule has 1 aliphatic carbocycles. The van der Waals surface area contributed by atoms with Crippen LogP contribution >= 0.6 is 54.0 Å². The van der Waals surface area contributed by atoms with Crippen molar-refractivity contribution in [3.8, 4) is 23.1 Å². The molecule has 3 aliphatic rings. The minimum absolute atomic E-state index is 0. The number of likely N-dealkylation sites (tertiary alicyclic amines) is 2. The summed E-state index contributed by atoms with van der Waals surface area (Å²) >= 11 is 0. The van der Waals surface area contributed by atoms with Crippen LogP contribution in [0.3, 0.4) is 0 Å². The Bertz CT molecular complexity index is 2020. The van der Waals surface area contributed by atoms with Crippen LogP contribution in [0.25, 0.3) is 22.3 Å². The van der Waals surface area contributed by atoms with E-state index in [-0.39, 0.29) is 79.0 Å². The molecule has 0 unspecified atom stereocenters. The van der Waals surface area contributed by atoms with E-state index in [2.05, 4.69) is 31.8 Å². The molecule has 54 heavy (non-hydrogen) atoms. The van der Waals surface area contributed by atoms with Crippen LogP contribution < -0.4 is 0 Å². The fourth-order valence-corrected chi connectivity index (χ4v) is 7.27. The Morgan fingerprint density at radius 3 is 2.17 bits per heavy atom. The molecule has 1 saturated carbocycles. The van der Waals surface area contributed by atoms with Gasteiger partial charge in [0, 0.05) is 30.1 Å². The number of ether oxygens (including phenoxy) is 2. The molecule has 294 valence electrons. The van der Waals surface area contributed by atoms with Gasteiger partial charge in [0.25, 0.3) is 5.92 Å². The van der Waals surface area contributed by atoms with Gasteiger partial charge in [-0.2, -0.15) is 54.0 Å². The van der Waals surface area contributed by atoms with Crippen molar-refractivity contribution in [2.75, 3.05) is 6.54 Å². The van der Waals surface area contributed by atoms with Crippen LogP contribution in [-0.2, 0) is 9.47 Å². The van der Waals surface area contributed by atoms with Crippen LogP contribution in [-0.4, -0.2) is 71.6 Å². The van der Waals surface area contributed by atoms with E-state index in [1.807, 2.05) is 57.2 Å². The molecule has 4 atom stereocenters. The highest BCUT2D eigenvalue weighted by Crippen LogP contribution is 2.57. The first kappa shape index (κ1) is 44.9. The number of aromatic amines is 2. The normalized spacial score (nSPS) is 21.2. The van der Waals surface area contributed by atoms with Crippen LogP contribution in [0, 0.1) is 17.8 Å². The maximum absolute atomic E-state index is 14.9. The number of hydrogen-bond acceptors (Lipinski definition) is 6. The first-order chi connectivity index (χ1) is 23.5. The van der Waals surface area contributed by atoms with E-state index in [1.54, 1.807) is 37.9 Å². The summed E-state index contributed by atoms with van der Waals surface area (Å²) in [4.78, 5) is 44.9. The molecule has 7 rings (SSSR count). The van der Waals surface area contributed by atoms with E-state index in [0.29, 0.717) is 23.4 Å². The molecule has 2 saturated heterocycles. The zero-order valence-electron chi connectivity index (χ0n) is 31.1. The minimum Gasteiger partial charge on any atom is -0.444 e. The molecule has 3 fully saturated rings. The second-order valence-corrected chi connectivity index (χ2v) is 15.5. The molecule has 2 N–H and O–H groups in total. The van der Waals surface area contributed by atoms with Gasteiger partial charge in [-0.25, -0.2) is 28.3 Å². The van der Waals surface area contributed by atoms with Crippen molar-refractivity contribution in [1.29, 1.82) is 0 Å². The van der Waals surface area contributed by atoms with Crippen molar-refractivity contribution < 1.29 is 27.8 Å². The highest BCUT2D eigenvalue weighted by molar-refractivity contribution is 7.59. The summed E-state index contributed by atoms with van der Waals surface area (Å²) < 4.78 is 41.1. The zero-order chi connectivity index (χ0) is 35.6. The highest BCUT2D eigenvalue weighted by Gasteiger charge is 2.64. The molecular formula is C38H50F2N6O4S4. The second kappa shape index (κ2) is 16.7. The molecule has 10 nitrogen and oxygen atoms in total. The average Bonchev–Trinajstić information content (AvgIpc) is 3.84. The number of rotatable bonds is 3. The SMILES string of the molecule is CC(C)(C)OC(=O)N1CCC[C@H]1c1ncc(-c2ccc(C#Cc3ccc4nc([C@@H]5[C@@H]6C[C@@H](CC6(F)F)N5C(=O)OC(C)(C)C)[nH]c4c3)cc2)[nH]1.S.S.S.S. The largest absolute Gasteiger partial charge is 0.444 e. The number of fused-ring (bicyclic) bond motifs is 3. The first-order valence-corrected chi connectivity index (χ1v) is 17.1. The number of H-pyrrole nitrogens is 2. The Morgan fingerprint density at radius 2 is 1.50 bits per heavy atom. The molecule has 2 aliphatic heterocycles. The number of aromatic nitrogens is 4. The highest BCUT2D eigenvalue weighted by atomic mass is 32.1. The third-order valence-corrected chi connectivity index (χ3v) is 9.37. The van der Waals surface area contributed by atoms with Gasteiger partial charge in [-0.1, -0.05) is 24.0 Å². The lowest BCUT2D eigenvalue weighted by atomic mass is 9.94. The van der Waals surface area contributed by atoms with Gasteiger partial charge in [-0.05, 0) is 96.7 Å². The number of nitrogens with one attached hydrogen (secondary N) is 2. The minimum atomic E-state index is -2.89. The van der Waals surface area contributed by atoms with Gasteiger partial charge in [-0.15, -0.1) is 0 Å². The molecule has 2 aromatic carbocycles. The van der Waals surface area contributed by atoms with Crippen LogP contribution in [0.15, 0.2) is 48.7 Å². The number of nitrogens with zero attached hydrogens (tertiary/aromatic N) is 4. The van der Waals surface area contributed by atoms with Gasteiger partial charge >= 0.3 is 12.2 Å². The number of carbonyl (C=O) groups is 2. The Hall–Kier alpha value is -3.52. The Morgan fingerprint density at radius 1 is 0.870 bits per heavy atom. The van der Waals surface area contributed by atoms with Crippen LogP contribution in [0.4, 0.5) is 18.4 Å². The number of alkyl halides is 2. The van der Waals surface area contributed by atoms with Crippen LogP contribution in [0.2, 0.25) is 0 Å². The predicted molar refractivity (Wildman–Crippen MR) is 225 cm³/mol. The molecule has 0 spiro atoms. The summed E-state index contributed by atoms with van der Waals surface area (Å²) in [5.41, 5.74) is 3.26. The quantitative estimate of drug-likeness (QED) is 0.200. The Balaban J connectivity index is 0.00000196. The van der Waals surface area contributed by atoms with E-state index >= 15 is 0 Å². The number of imidazole rings is 2. The van der Waals surface area contributed by atoms with Crippen molar-refractivity contribution in [2.24, 2.45) is 5.92 Å².